The largest absolute Gasteiger partial charge is 0.337 e. The quantitative estimate of drug-likeness (QED) is 0.820. The fourth-order valence-electron chi connectivity index (χ4n) is 3.71. The van der Waals surface area contributed by atoms with E-state index in [9.17, 15) is 4.79 Å². The second kappa shape index (κ2) is 6.97. The third kappa shape index (κ3) is 3.50. The monoisotopic (exact) mass is 299 g/mol. The minimum Gasteiger partial charge on any atom is -0.337 e. The van der Waals surface area contributed by atoms with Gasteiger partial charge in [-0.15, -0.1) is 6.58 Å². The van der Waals surface area contributed by atoms with Gasteiger partial charge in [-0.25, -0.2) is 4.79 Å². The zero-order chi connectivity index (χ0) is 15.4. The van der Waals surface area contributed by atoms with Crippen molar-refractivity contribution in [3.05, 3.63) is 48.6 Å². The number of urea groups is 1. The smallest absolute Gasteiger partial charge is 0.315 e. The molecule has 0 saturated carbocycles. The average Bonchev–Trinajstić information content (AvgIpc) is 2.59. The molecule has 3 aliphatic rings. The maximum absolute atomic E-state index is 11.9. The van der Waals surface area contributed by atoms with Crippen molar-refractivity contribution in [1.29, 1.82) is 0 Å². The molecule has 4 atom stereocenters. The maximum atomic E-state index is 11.9. The van der Waals surface area contributed by atoms with Crippen LogP contribution in [0.1, 0.15) is 18.4 Å². The summed E-state index contributed by atoms with van der Waals surface area (Å²) in [6.07, 6.45) is 4.55. The highest BCUT2D eigenvalue weighted by Gasteiger charge is 2.38. The van der Waals surface area contributed by atoms with E-state index in [4.69, 9.17) is 0 Å². The summed E-state index contributed by atoms with van der Waals surface area (Å²) in [7, 11) is 0. The zero-order valence-electron chi connectivity index (χ0n) is 13.0. The Balaban J connectivity index is 1.41. The zero-order valence-corrected chi connectivity index (χ0v) is 13.0. The molecule has 22 heavy (non-hydrogen) atoms. The molecule has 118 valence electrons. The molecular weight excluding hydrogens is 274 g/mol. The van der Waals surface area contributed by atoms with Gasteiger partial charge in [0.25, 0.3) is 0 Å². The first-order valence-electron chi connectivity index (χ1n) is 8.18. The number of hydrogen-bond donors (Lipinski definition) is 2. The summed E-state index contributed by atoms with van der Waals surface area (Å²) in [5.74, 6) is 1.39. The fourth-order valence-corrected chi connectivity index (χ4v) is 3.71. The summed E-state index contributed by atoms with van der Waals surface area (Å²) in [5, 5.41) is 5.94. The Kier molecular flexibility index (Phi) is 4.78. The highest BCUT2D eigenvalue weighted by Crippen LogP contribution is 2.36. The lowest BCUT2D eigenvalue weighted by Gasteiger charge is -2.49. The molecule has 0 spiro atoms. The number of nitrogens with one attached hydrogen (secondary N) is 2. The average molecular weight is 299 g/mol. The Morgan fingerprint density at radius 2 is 2.14 bits per heavy atom. The lowest BCUT2D eigenvalue weighted by Crippen LogP contribution is -2.56. The van der Waals surface area contributed by atoms with Crippen LogP contribution in [0.2, 0.25) is 0 Å². The number of fused-ring (bicyclic) bond motifs is 3. The molecule has 1 aromatic carbocycles. The normalized spacial score (nSPS) is 29.8. The van der Waals surface area contributed by atoms with Crippen LogP contribution in [-0.2, 0) is 6.54 Å². The predicted octanol–water partition coefficient (Wildman–Crippen LogP) is 2.38. The van der Waals surface area contributed by atoms with Crippen LogP contribution >= 0.6 is 0 Å². The van der Waals surface area contributed by atoms with Crippen LogP contribution in [-0.4, -0.2) is 36.6 Å². The molecule has 4 heteroatoms. The van der Waals surface area contributed by atoms with Crippen LogP contribution in [0.3, 0.4) is 0 Å². The first-order valence-corrected chi connectivity index (χ1v) is 8.18. The summed E-state index contributed by atoms with van der Waals surface area (Å²) in [6.45, 7) is 7.52. The first kappa shape index (κ1) is 15.1. The first-order chi connectivity index (χ1) is 10.8. The van der Waals surface area contributed by atoms with E-state index in [1.165, 1.54) is 12.8 Å². The van der Waals surface area contributed by atoms with Gasteiger partial charge in [0.05, 0.1) is 0 Å². The summed E-state index contributed by atoms with van der Waals surface area (Å²) in [5.41, 5.74) is 1.12. The number of carbonyl (C=O) groups excluding carboxylic acids is 1. The van der Waals surface area contributed by atoms with Crippen molar-refractivity contribution in [3.8, 4) is 0 Å². The Morgan fingerprint density at radius 3 is 2.82 bits per heavy atom. The van der Waals surface area contributed by atoms with Crippen molar-refractivity contribution in [2.24, 2.45) is 11.8 Å². The van der Waals surface area contributed by atoms with Gasteiger partial charge in [0.2, 0.25) is 0 Å². The van der Waals surface area contributed by atoms with Gasteiger partial charge < -0.3 is 10.6 Å². The van der Waals surface area contributed by atoms with Gasteiger partial charge in [0.15, 0.2) is 0 Å². The second-order valence-corrected chi connectivity index (χ2v) is 6.38. The summed E-state index contributed by atoms with van der Waals surface area (Å²) in [6, 6.07) is 10.4. The minimum atomic E-state index is -0.0771. The van der Waals surface area contributed by atoms with E-state index in [2.05, 4.69) is 28.2 Å². The van der Waals surface area contributed by atoms with E-state index in [1.807, 2.05) is 30.3 Å². The highest BCUT2D eigenvalue weighted by molar-refractivity contribution is 5.73. The molecule has 1 aromatic rings. The molecule has 0 radical (unpaired) electrons. The van der Waals surface area contributed by atoms with Crippen molar-refractivity contribution >= 4 is 6.03 Å². The van der Waals surface area contributed by atoms with Gasteiger partial charge in [-0.05, 0) is 36.8 Å². The molecule has 3 fully saturated rings. The van der Waals surface area contributed by atoms with Gasteiger partial charge in [-0.1, -0.05) is 36.4 Å². The van der Waals surface area contributed by atoms with Crippen LogP contribution in [0.4, 0.5) is 4.79 Å². The molecule has 3 saturated heterocycles. The van der Waals surface area contributed by atoms with Gasteiger partial charge >= 0.3 is 6.03 Å². The standard InChI is InChI=1S/C18H25N3O/c1-2-15-13-21-9-8-16(15)10-17(21)12-20-18(22)19-11-14-6-4-3-5-7-14/h2-7,15-17H,1,8-13H2,(H2,19,20,22)/t15-,16-,17+/m0/s1. The van der Waals surface area contributed by atoms with Crippen LogP contribution < -0.4 is 10.6 Å². The van der Waals surface area contributed by atoms with Crippen molar-refractivity contribution in [3.63, 3.8) is 0 Å². The molecule has 4 nitrogen and oxygen atoms in total. The number of carbonyl (C=O) groups is 1. The predicted molar refractivity (Wildman–Crippen MR) is 88.5 cm³/mol. The lowest BCUT2D eigenvalue weighted by molar-refractivity contribution is 0.0207. The number of nitrogens with zero attached hydrogens (tertiary/aromatic N) is 1. The number of hydrogen-bond acceptors (Lipinski definition) is 2. The van der Waals surface area contributed by atoms with Gasteiger partial charge in [0.1, 0.15) is 0 Å². The molecule has 3 heterocycles. The fraction of sp³-hybridized carbons (Fsp3) is 0.500. The van der Waals surface area contributed by atoms with Crippen LogP contribution in [0.15, 0.2) is 43.0 Å². The molecule has 2 amide bonds. The van der Waals surface area contributed by atoms with Crippen molar-refractivity contribution in [1.82, 2.24) is 15.5 Å². The number of piperidine rings is 3. The maximum Gasteiger partial charge on any atom is 0.315 e. The van der Waals surface area contributed by atoms with E-state index in [-0.39, 0.29) is 6.03 Å². The molecule has 2 N–H and O–H groups in total. The van der Waals surface area contributed by atoms with Crippen LogP contribution in [0, 0.1) is 11.8 Å². The molecule has 2 bridgehead atoms. The molecule has 3 aliphatic heterocycles. The Hall–Kier alpha value is -1.81. The van der Waals surface area contributed by atoms with Gasteiger partial charge in [0, 0.05) is 25.7 Å². The third-order valence-corrected chi connectivity index (χ3v) is 5.03. The summed E-state index contributed by atoms with van der Waals surface area (Å²) < 4.78 is 0. The lowest BCUT2D eigenvalue weighted by atomic mass is 9.75. The van der Waals surface area contributed by atoms with E-state index in [0.29, 0.717) is 18.5 Å². The van der Waals surface area contributed by atoms with Crippen molar-refractivity contribution in [2.75, 3.05) is 19.6 Å². The van der Waals surface area contributed by atoms with E-state index >= 15 is 0 Å². The highest BCUT2D eigenvalue weighted by atomic mass is 16.2. The molecule has 0 aliphatic carbocycles. The van der Waals surface area contributed by atoms with E-state index in [0.717, 1.165) is 31.1 Å². The van der Waals surface area contributed by atoms with Crippen molar-refractivity contribution in [2.45, 2.75) is 25.4 Å². The second-order valence-electron chi connectivity index (χ2n) is 6.38. The SMILES string of the molecule is C=C[C@H]1CN2CC[C@H]1C[C@@H]2CNC(=O)NCc1ccccc1. The topological polar surface area (TPSA) is 44.4 Å². The van der Waals surface area contributed by atoms with E-state index in [1.54, 1.807) is 0 Å². The minimum absolute atomic E-state index is 0.0771. The third-order valence-electron chi connectivity index (χ3n) is 5.03. The Morgan fingerprint density at radius 1 is 1.32 bits per heavy atom. The van der Waals surface area contributed by atoms with Gasteiger partial charge in [-0.3, -0.25) is 4.90 Å². The van der Waals surface area contributed by atoms with Crippen LogP contribution in [0.25, 0.3) is 0 Å². The molecule has 0 aromatic heterocycles. The molecule has 1 unspecified atom stereocenters. The number of rotatable bonds is 5. The van der Waals surface area contributed by atoms with E-state index < -0.39 is 0 Å². The number of amides is 2. The Bertz CT molecular complexity index is 516. The summed E-state index contributed by atoms with van der Waals surface area (Å²) in [4.78, 5) is 14.4. The number of benzene rings is 1. The van der Waals surface area contributed by atoms with Gasteiger partial charge in [-0.2, -0.15) is 0 Å². The molecular formula is C18H25N3O. The Labute approximate surface area is 132 Å². The molecule has 4 rings (SSSR count). The van der Waals surface area contributed by atoms with Crippen LogP contribution in [0.5, 0.6) is 0 Å². The van der Waals surface area contributed by atoms with Crippen molar-refractivity contribution < 1.29 is 4.79 Å². The summed E-state index contributed by atoms with van der Waals surface area (Å²) >= 11 is 0.